The van der Waals surface area contributed by atoms with Crippen molar-refractivity contribution in [2.75, 3.05) is 25.2 Å². The van der Waals surface area contributed by atoms with Crippen molar-refractivity contribution in [3.8, 4) is 0 Å². The number of ether oxygens (including phenoxy) is 2. The minimum atomic E-state index is 0.112. The normalized spacial score (nSPS) is 20.0. The summed E-state index contributed by atoms with van der Waals surface area (Å²) < 4.78 is 11.5. The van der Waals surface area contributed by atoms with E-state index >= 15 is 0 Å². The highest BCUT2D eigenvalue weighted by molar-refractivity contribution is 9.09. The maximum Gasteiger partial charge on any atom is 0.0780 e. The minimum Gasteiger partial charge on any atom is -0.379 e. The molecule has 0 saturated heterocycles. The van der Waals surface area contributed by atoms with E-state index < -0.39 is 0 Å². The fourth-order valence-corrected chi connectivity index (χ4v) is 2.69. The first-order valence-corrected chi connectivity index (χ1v) is 7.08. The summed E-state index contributed by atoms with van der Waals surface area (Å²) in [5.74, 6) is 0.613. The van der Waals surface area contributed by atoms with Gasteiger partial charge in [-0.1, -0.05) is 42.6 Å². The average molecular weight is 279 g/mol. The van der Waals surface area contributed by atoms with Gasteiger partial charge in [0.1, 0.15) is 0 Å². The van der Waals surface area contributed by atoms with Crippen LogP contribution >= 0.6 is 15.9 Å². The Bertz CT molecular complexity index is 165. The summed E-state index contributed by atoms with van der Waals surface area (Å²) in [4.78, 5) is 0. The molecule has 1 aliphatic rings. The molecule has 0 aromatic rings. The van der Waals surface area contributed by atoms with Gasteiger partial charge in [-0.3, -0.25) is 0 Å². The van der Waals surface area contributed by atoms with Crippen molar-refractivity contribution < 1.29 is 9.47 Å². The molecule has 0 spiro atoms. The van der Waals surface area contributed by atoms with Crippen molar-refractivity contribution in [1.29, 1.82) is 0 Å². The lowest BCUT2D eigenvalue weighted by molar-refractivity contribution is -0.0512. The van der Waals surface area contributed by atoms with Crippen molar-refractivity contribution in [3.05, 3.63) is 0 Å². The number of alkyl halides is 1. The quantitative estimate of drug-likeness (QED) is 0.525. The predicted octanol–water partition coefficient (Wildman–Crippen LogP) is 3.38. The highest BCUT2D eigenvalue weighted by Crippen LogP contribution is 2.34. The van der Waals surface area contributed by atoms with Crippen LogP contribution in [0.2, 0.25) is 0 Å². The molecule has 0 radical (unpaired) electrons. The van der Waals surface area contributed by atoms with Crippen LogP contribution < -0.4 is 0 Å². The molecule has 0 bridgehead atoms. The van der Waals surface area contributed by atoms with Crippen LogP contribution in [0, 0.1) is 5.92 Å². The van der Waals surface area contributed by atoms with E-state index in [1.165, 1.54) is 25.7 Å². The van der Waals surface area contributed by atoms with Crippen LogP contribution in [0.25, 0.3) is 0 Å². The summed E-state index contributed by atoms with van der Waals surface area (Å²) in [5, 5.41) is 0.962. The summed E-state index contributed by atoms with van der Waals surface area (Å²) in [6, 6.07) is 0. The second-order valence-electron chi connectivity index (χ2n) is 4.84. The third-order valence-electron chi connectivity index (χ3n) is 2.85. The van der Waals surface area contributed by atoms with Crippen molar-refractivity contribution >= 4 is 15.9 Å². The zero-order valence-corrected chi connectivity index (χ0v) is 11.5. The Labute approximate surface area is 102 Å². The van der Waals surface area contributed by atoms with Crippen LogP contribution in [0.3, 0.4) is 0 Å². The van der Waals surface area contributed by atoms with E-state index in [9.17, 15) is 0 Å². The minimum absolute atomic E-state index is 0.112. The highest BCUT2D eigenvalue weighted by Gasteiger charge is 2.33. The van der Waals surface area contributed by atoms with E-state index in [2.05, 4.69) is 29.8 Å². The standard InChI is InChI=1S/C12H23BrO2/c1-11(2)9-14-7-8-15-12(10-13)5-3-4-6-12/h11H,3-10H2,1-2H3. The fraction of sp³-hybridized carbons (Fsp3) is 1.00. The van der Waals surface area contributed by atoms with Gasteiger partial charge in [0.05, 0.1) is 18.8 Å². The first-order valence-electron chi connectivity index (χ1n) is 5.96. The molecule has 2 nitrogen and oxygen atoms in total. The molecule has 0 amide bonds. The molecule has 1 saturated carbocycles. The van der Waals surface area contributed by atoms with Crippen molar-refractivity contribution in [1.82, 2.24) is 0 Å². The third kappa shape index (κ3) is 4.83. The van der Waals surface area contributed by atoms with Crippen molar-refractivity contribution in [2.45, 2.75) is 45.1 Å². The van der Waals surface area contributed by atoms with Gasteiger partial charge >= 0.3 is 0 Å². The first-order chi connectivity index (χ1) is 7.18. The molecule has 0 unspecified atom stereocenters. The topological polar surface area (TPSA) is 18.5 Å². The van der Waals surface area contributed by atoms with Crippen molar-refractivity contribution in [3.63, 3.8) is 0 Å². The Balaban J connectivity index is 2.07. The van der Waals surface area contributed by atoms with E-state index in [1.807, 2.05) is 0 Å². The van der Waals surface area contributed by atoms with E-state index in [-0.39, 0.29) is 5.60 Å². The van der Waals surface area contributed by atoms with Crippen LogP contribution in [0.15, 0.2) is 0 Å². The molecular formula is C12H23BrO2. The van der Waals surface area contributed by atoms with Crippen molar-refractivity contribution in [2.24, 2.45) is 5.92 Å². The van der Waals surface area contributed by atoms with Gasteiger partial charge < -0.3 is 9.47 Å². The van der Waals surface area contributed by atoms with Gasteiger partial charge in [-0.2, -0.15) is 0 Å². The lowest BCUT2D eigenvalue weighted by atomic mass is 10.1. The number of hydrogen-bond donors (Lipinski definition) is 0. The number of halogens is 1. The van der Waals surface area contributed by atoms with Crippen LogP contribution in [0.4, 0.5) is 0 Å². The van der Waals surface area contributed by atoms with E-state index in [0.717, 1.165) is 25.2 Å². The molecule has 0 atom stereocenters. The Morgan fingerprint density at radius 3 is 2.40 bits per heavy atom. The summed E-state index contributed by atoms with van der Waals surface area (Å²) in [5.41, 5.74) is 0.112. The number of hydrogen-bond acceptors (Lipinski definition) is 2. The summed E-state index contributed by atoms with van der Waals surface area (Å²) in [6.07, 6.45) is 5.00. The Hall–Kier alpha value is 0.400. The maximum atomic E-state index is 5.95. The Morgan fingerprint density at radius 2 is 1.87 bits per heavy atom. The Kier molecular flexibility index (Phi) is 6.17. The zero-order chi connectivity index (χ0) is 11.1. The Morgan fingerprint density at radius 1 is 1.20 bits per heavy atom. The van der Waals surface area contributed by atoms with Gasteiger partial charge in [-0.05, 0) is 18.8 Å². The third-order valence-corrected chi connectivity index (χ3v) is 3.87. The molecule has 15 heavy (non-hydrogen) atoms. The molecule has 1 aliphatic carbocycles. The molecule has 90 valence electrons. The molecule has 0 aliphatic heterocycles. The lowest BCUT2D eigenvalue weighted by Gasteiger charge is -2.27. The SMILES string of the molecule is CC(C)COCCOC1(CBr)CCCC1. The van der Waals surface area contributed by atoms with Crippen LogP contribution in [0.1, 0.15) is 39.5 Å². The zero-order valence-electron chi connectivity index (χ0n) is 9.93. The number of rotatable bonds is 7. The second kappa shape index (κ2) is 6.87. The average Bonchev–Trinajstić information content (AvgIpc) is 2.66. The molecule has 1 fully saturated rings. The molecule has 0 aromatic heterocycles. The molecule has 1 rings (SSSR count). The molecule has 3 heteroatoms. The smallest absolute Gasteiger partial charge is 0.0780 e. The van der Waals surface area contributed by atoms with Crippen LogP contribution in [-0.4, -0.2) is 30.8 Å². The molecule has 0 heterocycles. The van der Waals surface area contributed by atoms with Gasteiger partial charge in [0, 0.05) is 11.9 Å². The first kappa shape index (κ1) is 13.5. The van der Waals surface area contributed by atoms with Crippen LogP contribution in [0.5, 0.6) is 0 Å². The molecule has 0 aromatic carbocycles. The molecular weight excluding hydrogens is 256 g/mol. The largest absolute Gasteiger partial charge is 0.379 e. The van der Waals surface area contributed by atoms with Crippen LogP contribution in [-0.2, 0) is 9.47 Å². The van der Waals surface area contributed by atoms with Gasteiger partial charge in [0.25, 0.3) is 0 Å². The monoisotopic (exact) mass is 278 g/mol. The van der Waals surface area contributed by atoms with E-state index in [0.29, 0.717) is 5.92 Å². The molecule has 0 N–H and O–H groups in total. The van der Waals surface area contributed by atoms with E-state index in [4.69, 9.17) is 9.47 Å². The van der Waals surface area contributed by atoms with Gasteiger partial charge in [-0.25, -0.2) is 0 Å². The van der Waals surface area contributed by atoms with E-state index in [1.54, 1.807) is 0 Å². The summed E-state index contributed by atoms with van der Waals surface area (Å²) in [6.45, 7) is 6.63. The summed E-state index contributed by atoms with van der Waals surface area (Å²) in [7, 11) is 0. The van der Waals surface area contributed by atoms with Gasteiger partial charge in [0.2, 0.25) is 0 Å². The highest BCUT2D eigenvalue weighted by atomic mass is 79.9. The maximum absolute atomic E-state index is 5.95. The lowest BCUT2D eigenvalue weighted by Crippen LogP contribution is -2.32. The predicted molar refractivity (Wildman–Crippen MR) is 66.6 cm³/mol. The fourth-order valence-electron chi connectivity index (χ4n) is 1.97. The second-order valence-corrected chi connectivity index (χ2v) is 5.40. The summed E-state index contributed by atoms with van der Waals surface area (Å²) >= 11 is 3.56. The van der Waals surface area contributed by atoms with Gasteiger partial charge in [-0.15, -0.1) is 0 Å². The van der Waals surface area contributed by atoms with Gasteiger partial charge in [0.15, 0.2) is 0 Å².